The van der Waals surface area contributed by atoms with Gasteiger partial charge in [0.1, 0.15) is 5.75 Å². The molecule has 108 valence electrons. The number of nitrogens with zero attached hydrogens (tertiary/aromatic N) is 1. The maximum Gasteiger partial charge on any atom is 0.115 e. The number of likely N-dealkylation sites (N-methyl/N-ethyl adjacent to an activating group) is 1. The van der Waals surface area contributed by atoms with E-state index in [-0.39, 0.29) is 11.5 Å². The predicted molar refractivity (Wildman–Crippen MR) is 77.7 cm³/mol. The molecule has 0 spiro atoms. The summed E-state index contributed by atoms with van der Waals surface area (Å²) in [7, 11) is 2.15. The van der Waals surface area contributed by atoms with E-state index in [1.807, 2.05) is 12.1 Å². The Hall–Kier alpha value is -1.06. The lowest BCUT2D eigenvalue weighted by Crippen LogP contribution is -2.61. The summed E-state index contributed by atoms with van der Waals surface area (Å²) in [5, 5.41) is 20.8. The first kappa shape index (κ1) is 12.7. The molecule has 1 aromatic carbocycles. The third-order valence-corrected chi connectivity index (χ3v) is 6.15. The minimum atomic E-state index is -0.410. The van der Waals surface area contributed by atoms with E-state index >= 15 is 0 Å². The molecule has 1 heterocycles. The second-order valence-electron chi connectivity index (χ2n) is 6.95. The minimum absolute atomic E-state index is 0.197. The van der Waals surface area contributed by atoms with Crippen molar-refractivity contribution in [1.29, 1.82) is 0 Å². The normalized spacial score (nSPS) is 40.0. The summed E-state index contributed by atoms with van der Waals surface area (Å²) < 4.78 is 0. The summed E-state index contributed by atoms with van der Waals surface area (Å²) in [5.74, 6) is 0.881. The van der Waals surface area contributed by atoms with Crippen molar-refractivity contribution in [3.8, 4) is 5.75 Å². The summed E-state index contributed by atoms with van der Waals surface area (Å²) in [6, 6.07) is 5.84. The number of phenols is 1. The number of hydrogen-bond donors (Lipinski definition) is 2. The largest absolute Gasteiger partial charge is 0.508 e. The highest BCUT2D eigenvalue weighted by Gasteiger charge is 2.56. The number of aliphatic hydroxyl groups is 1. The third kappa shape index (κ3) is 1.48. The highest BCUT2D eigenvalue weighted by molar-refractivity contribution is 5.46. The van der Waals surface area contributed by atoms with E-state index in [1.165, 1.54) is 31.2 Å². The molecule has 3 aliphatic rings. The van der Waals surface area contributed by atoms with E-state index in [9.17, 15) is 10.2 Å². The Morgan fingerprint density at radius 1 is 1.25 bits per heavy atom. The summed E-state index contributed by atoms with van der Waals surface area (Å²) in [6.07, 6.45) is 5.72. The number of benzene rings is 1. The molecule has 0 radical (unpaired) electrons. The van der Waals surface area contributed by atoms with Crippen molar-refractivity contribution in [3.63, 3.8) is 0 Å². The summed E-state index contributed by atoms with van der Waals surface area (Å²) in [6.45, 7) is 1.05. The highest BCUT2D eigenvalue weighted by atomic mass is 16.3. The highest BCUT2D eigenvalue weighted by Crippen LogP contribution is 2.58. The Bertz CT molecular complexity index is 544. The number of phenolic OH excluding ortho intramolecular Hbond substituents is 1. The van der Waals surface area contributed by atoms with Gasteiger partial charge < -0.3 is 15.1 Å². The fourth-order valence-corrected chi connectivity index (χ4v) is 5.25. The van der Waals surface area contributed by atoms with Crippen LogP contribution in [0.25, 0.3) is 0 Å². The van der Waals surface area contributed by atoms with Gasteiger partial charge in [0.2, 0.25) is 0 Å². The quantitative estimate of drug-likeness (QED) is 0.763. The molecule has 3 nitrogen and oxygen atoms in total. The SMILES string of the molecule is CN1CC[C@@]23CCCC[C@@H]2[C@@H]1[C@@H](O)c1ccc(O)cc13. The Morgan fingerprint density at radius 2 is 2.10 bits per heavy atom. The molecule has 0 aromatic heterocycles. The van der Waals surface area contributed by atoms with Crippen molar-refractivity contribution in [2.45, 2.75) is 49.7 Å². The lowest BCUT2D eigenvalue weighted by Gasteiger charge is -2.59. The zero-order valence-corrected chi connectivity index (χ0v) is 12.0. The smallest absolute Gasteiger partial charge is 0.115 e. The van der Waals surface area contributed by atoms with Crippen LogP contribution in [0.3, 0.4) is 0 Å². The molecule has 4 atom stereocenters. The number of fused-ring (bicyclic) bond motifs is 1. The van der Waals surface area contributed by atoms with E-state index in [0.717, 1.165) is 18.5 Å². The van der Waals surface area contributed by atoms with Gasteiger partial charge in [0.25, 0.3) is 0 Å². The predicted octanol–water partition coefficient (Wildman–Crippen LogP) is 2.57. The minimum Gasteiger partial charge on any atom is -0.508 e. The fraction of sp³-hybridized carbons (Fsp3) is 0.647. The Kier molecular flexibility index (Phi) is 2.67. The molecule has 0 unspecified atom stereocenters. The summed E-state index contributed by atoms with van der Waals surface area (Å²) >= 11 is 0. The lowest BCUT2D eigenvalue weighted by molar-refractivity contribution is -0.0680. The van der Waals surface area contributed by atoms with Crippen molar-refractivity contribution in [1.82, 2.24) is 4.90 Å². The number of aliphatic hydroxyl groups excluding tert-OH is 1. The van der Waals surface area contributed by atoms with Crippen molar-refractivity contribution < 1.29 is 10.2 Å². The van der Waals surface area contributed by atoms with Crippen LogP contribution in [0.5, 0.6) is 5.75 Å². The van der Waals surface area contributed by atoms with Crippen molar-refractivity contribution in [3.05, 3.63) is 29.3 Å². The van der Waals surface area contributed by atoms with Crippen LogP contribution >= 0.6 is 0 Å². The lowest BCUT2D eigenvalue weighted by atomic mass is 9.52. The molecule has 0 amide bonds. The molecule has 1 aliphatic heterocycles. The second-order valence-corrected chi connectivity index (χ2v) is 6.95. The van der Waals surface area contributed by atoms with E-state index in [2.05, 4.69) is 11.9 Å². The van der Waals surface area contributed by atoms with Crippen LogP contribution in [-0.4, -0.2) is 34.7 Å². The number of rotatable bonds is 0. The zero-order chi connectivity index (χ0) is 13.9. The molecule has 1 aromatic rings. The van der Waals surface area contributed by atoms with Gasteiger partial charge in [0.05, 0.1) is 6.10 Å². The molecule has 20 heavy (non-hydrogen) atoms. The van der Waals surface area contributed by atoms with Gasteiger partial charge in [0.15, 0.2) is 0 Å². The molecule has 2 aliphatic carbocycles. The van der Waals surface area contributed by atoms with Gasteiger partial charge in [0, 0.05) is 11.5 Å². The molecule has 4 rings (SSSR count). The van der Waals surface area contributed by atoms with Crippen LogP contribution in [0.2, 0.25) is 0 Å². The van der Waals surface area contributed by atoms with Gasteiger partial charge in [-0.25, -0.2) is 0 Å². The molecular weight excluding hydrogens is 250 g/mol. The van der Waals surface area contributed by atoms with Gasteiger partial charge in [-0.1, -0.05) is 18.9 Å². The first-order valence-electron chi connectivity index (χ1n) is 7.85. The molecule has 1 saturated carbocycles. The number of aromatic hydroxyl groups is 1. The monoisotopic (exact) mass is 273 g/mol. The number of hydrogen-bond acceptors (Lipinski definition) is 3. The molecule has 1 saturated heterocycles. The molecule has 2 N–H and O–H groups in total. The van der Waals surface area contributed by atoms with Crippen LogP contribution in [0.1, 0.15) is 49.3 Å². The second kappa shape index (κ2) is 4.22. The number of piperidine rings is 1. The van der Waals surface area contributed by atoms with Crippen molar-refractivity contribution in [2.75, 3.05) is 13.6 Å². The summed E-state index contributed by atoms with van der Waals surface area (Å²) in [5.41, 5.74) is 2.49. The van der Waals surface area contributed by atoms with Crippen molar-refractivity contribution in [2.24, 2.45) is 5.92 Å². The molecule has 2 bridgehead atoms. The standard InChI is InChI=1S/C17H23NO2/c1-18-9-8-17-7-3-2-4-13(17)15(18)16(20)12-6-5-11(19)10-14(12)17/h5-6,10,13,15-16,19-20H,2-4,7-9H2,1H3/t13-,15-,16+,17+/m1/s1. The van der Waals surface area contributed by atoms with Gasteiger partial charge >= 0.3 is 0 Å². The molecule has 2 fully saturated rings. The topological polar surface area (TPSA) is 43.7 Å². The van der Waals surface area contributed by atoms with Crippen LogP contribution in [0, 0.1) is 5.92 Å². The van der Waals surface area contributed by atoms with E-state index in [1.54, 1.807) is 6.07 Å². The van der Waals surface area contributed by atoms with Gasteiger partial charge in [-0.15, -0.1) is 0 Å². The Labute approximate surface area is 120 Å². The fourth-order valence-electron chi connectivity index (χ4n) is 5.25. The Balaban J connectivity index is 1.95. The first-order valence-corrected chi connectivity index (χ1v) is 7.85. The maximum atomic E-state index is 10.8. The van der Waals surface area contributed by atoms with Gasteiger partial charge in [-0.05, 0) is 62.0 Å². The maximum absolute atomic E-state index is 10.8. The van der Waals surface area contributed by atoms with Gasteiger partial charge in [-0.2, -0.15) is 0 Å². The zero-order valence-electron chi connectivity index (χ0n) is 12.0. The van der Waals surface area contributed by atoms with E-state index in [4.69, 9.17) is 0 Å². The van der Waals surface area contributed by atoms with E-state index in [0.29, 0.717) is 11.7 Å². The first-order chi connectivity index (χ1) is 9.63. The van der Waals surface area contributed by atoms with Crippen LogP contribution < -0.4 is 0 Å². The van der Waals surface area contributed by atoms with Crippen LogP contribution in [-0.2, 0) is 5.41 Å². The molecular formula is C17H23NO2. The average molecular weight is 273 g/mol. The average Bonchev–Trinajstić information content (AvgIpc) is 2.46. The summed E-state index contributed by atoms with van der Waals surface area (Å²) in [4.78, 5) is 2.36. The van der Waals surface area contributed by atoms with E-state index < -0.39 is 6.10 Å². The Morgan fingerprint density at radius 3 is 2.95 bits per heavy atom. The molecule has 3 heteroatoms. The van der Waals surface area contributed by atoms with Crippen molar-refractivity contribution >= 4 is 0 Å². The van der Waals surface area contributed by atoms with Crippen LogP contribution in [0.4, 0.5) is 0 Å². The number of likely N-dealkylation sites (tertiary alicyclic amines) is 1. The van der Waals surface area contributed by atoms with Gasteiger partial charge in [-0.3, -0.25) is 0 Å². The van der Waals surface area contributed by atoms with Crippen LogP contribution in [0.15, 0.2) is 18.2 Å². The third-order valence-electron chi connectivity index (χ3n) is 6.15.